The summed E-state index contributed by atoms with van der Waals surface area (Å²) < 4.78 is 12.9. The molecule has 1 aromatic rings. The van der Waals surface area contributed by atoms with Crippen LogP contribution >= 0.6 is 0 Å². The standard InChI is InChI=1S/C14H17FN2O2/c15-10-4-6-11(7-5-10)17-12(18)14(16-13(17)19)8-2-1-3-9-14/h4-7,12,18H,1-3,8-9H2,(H,16,19). The topological polar surface area (TPSA) is 52.6 Å². The summed E-state index contributed by atoms with van der Waals surface area (Å²) in [6.07, 6.45) is 3.85. The van der Waals surface area contributed by atoms with Crippen molar-refractivity contribution in [2.24, 2.45) is 0 Å². The molecule has 2 amide bonds. The molecule has 102 valence electrons. The second-order valence-corrected chi connectivity index (χ2v) is 5.37. The predicted octanol–water partition coefficient (Wildman–Crippen LogP) is 2.38. The van der Waals surface area contributed by atoms with Gasteiger partial charge in [0, 0.05) is 5.69 Å². The van der Waals surface area contributed by atoms with Crippen LogP contribution in [0.3, 0.4) is 0 Å². The number of carbonyl (C=O) groups is 1. The summed E-state index contributed by atoms with van der Waals surface area (Å²) in [7, 11) is 0. The van der Waals surface area contributed by atoms with E-state index in [0.717, 1.165) is 32.1 Å². The van der Waals surface area contributed by atoms with E-state index in [1.54, 1.807) is 0 Å². The van der Waals surface area contributed by atoms with Gasteiger partial charge in [0.15, 0.2) is 6.23 Å². The molecule has 19 heavy (non-hydrogen) atoms. The van der Waals surface area contributed by atoms with Crippen LogP contribution in [0.4, 0.5) is 14.9 Å². The molecule has 2 aliphatic rings. The smallest absolute Gasteiger partial charge is 0.324 e. The maximum atomic E-state index is 12.9. The Hall–Kier alpha value is -1.62. The van der Waals surface area contributed by atoms with E-state index in [0.29, 0.717) is 5.69 Å². The highest BCUT2D eigenvalue weighted by atomic mass is 19.1. The summed E-state index contributed by atoms with van der Waals surface area (Å²) in [5.41, 5.74) is -0.0159. The van der Waals surface area contributed by atoms with E-state index in [2.05, 4.69) is 5.32 Å². The van der Waals surface area contributed by atoms with Gasteiger partial charge in [-0.05, 0) is 37.1 Å². The third kappa shape index (κ3) is 1.98. The molecule has 3 rings (SSSR count). The molecule has 1 unspecified atom stereocenters. The van der Waals surface area contributed by atoms with Gasteiger partial charge in [-0.15, -0.1) is 0 Å². The molecule has 1 heterocycles. The van der Waals surface area contributed by atoms with Crippen LogP contribution in [0.2, 0.25) is 0 Å². The van der Waals surface area contributed by atoms with Gasteiger partial charge in [0.2, 0.25) is 0 Å². The van der Waals surface area contributed by atoms with E-state index in [9.17, 15) is 14.3 Å². The number of halogens is 1. The van der Waals surface area contributed by atoms with Gasteiger partial charge in [-0.25, -0.2) is 9.18 Å². The third-order valence-corrected chi connectivity index (χ3v) is 4.16. The number of aliphatic hydroxyl groups is 1. The Balaban J connectivity index is 1.90. The second kappa shape index (κ2) is 4.49. The fourth-order valence-electron chi connectivity index (χ4n) is 3.12. The molecule has 1 aromatic carbocycles. The first-order chi connectivity index (χ1) is 9.12. The summed E-state index contributed by atoms with van der Waals surface area (Å²) in [6.45, 7) is 0. The van der Waals surface area contributed by atoms with E-state index >= 15 is 0 Å². The quantitative estimate of drug-likeness (QED) is 0.818. The summed E-state index contributed by atoms with van der Waals surface area (Å²) in [5, 5.41) is 13.4. The fourth-order valence-corrected chi connectivity index (χ4v) is 3.12. The minimum absolute atomic E-state index is 0.305. The summed E-state index contributed by atoms with van der Waals surface area (Å²) in [4.78, 5) is 13.4. The van der Waals surface area contributed by atoms with Crippen molar-refractivity contribution in [3.63, 3.8) is 0 Å². The van der Waals surface area contributed by atoms with Gasteiger partial charge >= 0.3 is 6.03 Å². The van der Waals surface area contributed by atoms with Crippen molar-refractivity contribution in [1.82, 2.24) is 5.32 Å². The van der Waals surface area contributed by atoms with E-state index in [1.807, 2.05) is 0 Å². The van der Waals surface area contributed by atoms with E-state index < -0.39 is 11.8 Å². The lowest BCUT2D eigenvalue weighted by atomic mass is 9.81. The molecule has 1 saturated carbocycles. The van der Waals surface area contributed by atoms with Crippen molar-refractivity contribution < 1.29 is 14.3 Å². The zero-order chi connectivity index (χ0) is 13.5. The van der Waals surface area contributed by atoms with Gasteiger partial charge in [0.05, 0.1) is 5.54 Å². The molecular formula is C14H17FN2O2. The first-order valence-corrected chi connectivity index (χ1v) is 6.67. The van der Waals surface area contributed by atoms with Gasteiger partial charge in [0.25, 0.3) is 0 Å². The minimum atomic E-state index is -0.884. The van der Waals surface area contributed by atoms with Gasteiger partial charge in [-0.1, -0.05) is 19.3 Å². The lowest BCUT2D eigenvalue weighted by Gasteiger charge is -2.36. The van der Waals surface area contributed by atoms with Crippen LogP contribution in [0.1, 0.15) is 32.1 Å². The molecular weight excluding hydrogens is 247 g/mol. The maximum absolute atomic E-state index is 12.9. The number of carbonyl (C=O) groups excluding carboxylic acids is 1. The number of hydrogen-bond donors (Lipinski definition) is 2. The molecule has 2 N–H and O–H groups in total. The number of amides is 2. The molecule has 1 spiro atoms. The van der Waals surface area contributed by atoms with Crippen molar-refractivity contribution in [1.29, 1.82) is 0 Å². The number of hydrogen-bond acceptors (Lipinski definition) is 2. The Morgan fingerprint density at radius 3 is 2.47 bits per heavy atom. The number of rotatable bonds is 1. The first-order valence-electron chi connectivity index (χ1n) is 6.67. The van der Waals surface area contributed by atoms with Gasteiger partial charge in [-0.3, -0.25) is 4.90 Å². The lowest BCUT2D eigenvalue weighted by Crippen LogP contribution is -2.51. The Morgan fingerprint density at radius 1 is 1.21 bits per heavy atom. The summed E-state index contributed by atoms with van der Waals surface area (Å²) in [6, 6.07) is 5.31. The van der Waals surface area contributed by atoms with Crippen molar-refractivity contribution in [3.8, 4) is 0 Å². The molecule has 1 aliphatic heterocycles. The van der Waals surface area contributed by atoms with Gasteiger partial charge < -0.3 is 10.4 Å². The lowest BCUT2D eigenvalue weighted by molar-refractivity contribution is 0.0719. The van der Waals surface area contributed by atoms with Crippen molar-refractivity contribution in [3.05, 3.63) is 30.1 Å². The Kier molecular flexibility index (Phi) is 2.93. The van der Waals surface area contributed by atoms with Crippen molar-refractivity contribution >= 4 is 11.7 Å². The van der Waals surface area contributed by atoms with Crippen molar-refractivity contribution in [2.45, 2.75) is 43.9 Å². The van der Waals surface area contributed by atoms with Crippen LogP contribution in [0.15, 0.2) is 24.3 Å². The SMILES string of the molecule is O=C1NC2(CCCCC2)C(O)N1c1ccc(F)cc1. The van der Waals surface area contributed by atoms with Crippen molar-refractivity contribution in [2.75, 3.05) is 4.90 Å². The molecule has 2 fully saturated rings. The summed E-state index contributed by atoms with van der Waals surface area (Å²) >= 11 is 0. The number of aliphatic hydroxyl groups excluding tert-OH is 1. The monoisotopic (exact) mass is 264 g/mol. The summed E-state index contributed by atoms with van der Waals surface area (Å²) in [5.74, 6) is -0.356. The fraction of sp³-hybridized carbons (Fsp3) is 0.500. The van der Waals surface area contributed by atoms with E-state index in [4.69, 9.17) is 0 Å². The molecule has 4 nitrogen and oxygen atoms in total. The molecule has 5 heteroatoms. The average Bonchev–Trinajstić information content (AvgIpc) is 2.64. The van der Waals surface area contributed by atoms with Crippen LogP contribution in [-0.2, 0) is 0 Å². The third-order valence-electron chi connectivity index (χ3n) is 4.16. The zero-order valence-corrected chi connectivity index (χ0v) is 10.6. The van der Waals surface area contributed by atoms with Crippen LogP contribution in [-0.4, -0.2) is 22.9 Å². The van der Waals surface area contributed by atoms with Gasteiger partial charge in [-0.2, -0.15) is 0 Å². The number of nitrogens with zero attached hydrogens (tertiary/aromatic N) is 1. The minimum Gasteiger partial charge on any atom is -0.371 e. The zero-order valence-electron chi connectivity index (χ0n) is 10.6. The molecule has 1 saturated heterocycles. The highest BCUT2D eigenvalue weighted by Gasteiger charge is 2.51. The van der Waals surface area contributed by atoms with E-state index in [1.165, 1.54) is 29.2 Å². The predicted molar refractivity (Wildman–Crippen MR) is 69.2 cm³/mol. The molecule has 0 bridgehead atoms. The number of urea groups is 1. The first kappa shape index (κ1) is 12.4. The Bertz CT molecular complexity index is 483. The average molecular weight is 264 g/mol. The highest BCUT2D eigenvalue weighted by Crippen LogP contribution is 2.38. The van der Waals surface area contributed by atoms with Crippen LogP contribution in [0.5, 0.6) is 0 Å². The molecule has 0 aromatic heterocycles. The highest BCUT2D eigenvalue weighted by molar-refractivity contribution is 5.95. The molecule has 0 radical (unpaired) electrons. The van der Waals surface area contributed by atoms with Crippen LogP contribution < -0.4 is 10.2 Å². The number of anilines is 1. The van der Waals surface area contributed by atoms with E-state index in [-0.39, 0.29) is 11.8 Å². The van der Waals surface area contributed by atoms with Crippen LogP contribution in [0.25, 0.3) is 0 Å². The second-order valence-electron chi connectivity index (χ2n) is 5.37. The normalized spacial score (nSPS) is 25.7. The Labute approximate surface area is 111 Å². The van der Waals surface area contributed by atoms with Gasteiger partial charge in [0.1, 0.15) is 5.82 Å². The number of benzene rings is 1. The number of nitrogens with one attached hydrogen (secondary N) is 1. The Morgan fingerprint density at radius 2 is 1.84 bits per heavy atom. The largest absolute Gasteiger partial charge is 0.371 e. The molecule has 1 aliphatic carbocycles. The van der Waals surface area contributed by atoms with Crippen LogP contribution in [0, 0.1) is 5.82 Å². The maximum Gasteiger partial charge on any atom is 0.324 e. The molecule has 1 atom stereocenters.